The Morgan fingerprint density at radius 3 is 2.61 bits per heavy atom. The fraction of sp³-hybridized carbons (Fsp3) is 0.500. The largest absolute Gasteiger partial charge is 0.490 e. The molecule has 0 spiro atoms. The number of hydrogen-bond donors (Lipinski definition) is 1. The van der Waals surface area contributed by atoms with E-state index in [9.17, 15) is 4.79 Å². The van der Waals surface area contributed by atoms with E-state index in [1.807, 2.05) is 39.0 Å². The SMILES string of the molecule is CC(C)Oc1ccc(NC(=O)C2(C)CC2)cc1Br. The van der Waals surface area contributed by atoms with E-state index in [-0.39, 0.29) is 17.4 Å². The van der Waals surface area contributed by atoms with Crippen molar-refractivity contribution < 1.29 is 9.53 Å². The Balaban J connectivity index is 2.06. The van der Waals surface area contributed by atoms with Gasteiger partial charge < -0.3 is 10.1 Å². The number of hydrogen-bond acceptors (Lipinski definition) is 2. The zero-order chi connectivity index (χ0) is 13.3. The van der Waals surface area contributed by atoms with Crippen LogP contribution in [0.2, 0.25) is 0 Å². The van der Waals surface area contributed by atoms with Gasteiger partial charge in [0, 0.05) is 11.1 Å². The van der Waals surface area contributed by atoms with Crippen molar-refractivity contribution in [3.63, 3.8) is 0 Å². The van der Waals surface area contributed by atoms with Crippen LogP contribution in [-0.4, -0.2) is 12.0 Å². The van der Waals surface area contributed by atoms with Gasteiger partial charge in [0.05, 0.1) is 10.6 Å². The summed E-state index contributed by atoms with van der Waals surface area (Å²) in [6, 6.07) is 5.61. The minimum absolute atomic E-state index is 0.104. The van der Waals surface area contributed by atoms with Crippen molar-refractivity contribution >= 4 is 27.5 Å². The summed E-state index contributed by atoms with van der Waals surface area (Å²) in [7, 11) is 0. The Morgan fingerprint density at radius 1 is 1.44 bits per heavy atom. The van der Waals surface area contributed by atoms with Gasteiger partial charge in [-0.15, -0.1) is 0 Å². The third-order valence-electron chi connectivity index (χ3n) is 3.10. The highest BCUT2D eigenvalue weighted by molar-refractivity contribution is 9.10. The predicted octanol–water partition coefficient (Wildman–Crippen LogP) is 3.97. The second kappa shape index (κ2) is 4.92. The molecule has 0 saturated heterocycles. The van der Waals surface area contributed by atoms with E-state index in [0.29, 0.717) is 0 Å². The van der Waals surface area contributed by atoms with E-state index in [1.54, 1.807) is 0 Å². The summed E-state index contributed by atoms with van der Waals surface area (Å²) in [6.07, 6.45) is 2.09. The molecule has 0 aliphatic heterocycles. The lowest BCUT2D eigenvalue weighted by atomic mass is 10.1. The molecule has 1 aliphatic rings. The Morgan fingerprint density at radius 2 is 2.11 bits per heavy atom. The van der Waals surface area contributed by atoms with E-state index in [2.05, 4.69) is 21.2 Å². The maximum absolute atomic E-state index is 11.9. The normalized spacial score (nSPS) is 16.5. The number of benzene rings is 1. The predicted molar refractivity (Wildman–Crippen MR) is 75.9 cm³/mol. The number of nitrogens with one attached hydrogen (secondary N) is 1. The minimum atomic E-state index is -0.153. The summed E-state index contributed by atoms with van der Waals surface area (Å²) >= 11 is 3.46. The zero-order valence-electron chi connectivity index (χ0n) is 10.9. The molecule has 98 valence electrons. The van der Waals surface area contributed by atoms with Crippen molar-refractivity contribution in [1.82, 2.24) is 0 Å². The lowest BCUT2D eigenvalue weighted by molar-refractivity contribution is -0.120. The van der Waals surface area contributed by atoms with Crippen molar-refractivity contribution in [3.8, 4) is 5.75 Å². The number of carbonyl (C=O) groups is 1. The van der Waals surface area contributed by atoms with Crippen LogP contribution in [-0.2, 0) is 4.79 Å². The Labute approximate surface area is 116 Å². The molecule has 0 aromatic heterocycles. The van der Waals surface area contributed by atoms with Gasteiger partial charge in [-0.3, -0.25) is 4.79 Å². The van der Waals surface area contributed by atoms with Crippen molar-refractivity contribution in [2.24, 2.45) is 5.41 Å². The van der Waals surface area contributed by atoms with Gasteiger partial charge in [0.1, 0.15) is 5.75 Å². The fourth-order valence-electron chi connectivity index (χ4n) is 1.62. The lowest BCUT2D eigenvalue weighted by Crippen LogP contribution is -2.21. The molecule has 18 heavy (non-hydrogen) atoms. The third kappa shape index (κ3) is 3.05. The van der Waals surface area contributed by atoms with Crippen LogP contribution < -0.4 is 10.1 Å². The van der Waals surface area contributed by atoms with Gasteiger partial charge in [-0.2, -0.15) is 0 Å². The standard InChI is InChI=1S/C14H18BrNO2/c1-9(2)18-12-5-4-10(8-11(12)15)16-13(17)14(3)6-7-14/h4-5,8-9H,6-7H2,1-3H3,(H,16,17). The van der Waals surface area contributed by atoms with Crippen LogP contribution in [0.4, 0.5) is 5.69 Å². The molecule has 1 amide bonds. The molecule has 1 N–H and O–H groups in total. The average molecular weight is 312 g/mol. The summed E-state index contributed by atoms with van der Waals surface area (Å²) in [5, 5.41) is 2.94. The number of carbonyl (C=O) groups excluding carboxylic acids is 1. The first-order chi connectivity index (χ1) is 8.40. The lowest BCUT2D eigenvalue weighted by Gasteiger charge is -2.14. The summed E-state index contributed by atoms with van der Waals surface area (Å²) in [5.74, 6) is 0.896. The van der Waals surface area contributed by atoms with Crippen LogP contribution >= 0.6 is 15.9 Å². The number of halogens is 1. The molecule has 1 fully saturated rings. The fourth-order valence-corrected chi connectivity index (χ4v) is 2.10. The molecule has 3 nitrogen and oxygen atoms in total. The van der Waals surface area contributed by atoms with Crippen LogP contribution in [0.5, 0.6) is 5.75 Å². The molecular weight excluding hydrogens is 294 g/mol. The van der Waals surface area contributed by atoms with Crippen molar-refractivity contribution in [2.75, 3.05) is 5.32 Å². The van der Waals surface area contributed by atoms with Gasteiger partial charge in [0.2, 0.25) is 5.91 Å². The summed E-state index contributed by atoms with van der Waals surface area (Å²) in [4.78, 5) is 11.9. The third-order valence-corrected chi connectivity index (χ3v) is 3.72. The molecule has 0 unspecified atom stereocenters. The van der Waals surface area contributed by atoms with Crippen LogP contribution in [0, 0.1) is 5.41 Å². The highest BCUT2D eigenvalue weighted by Crippen LogP contribution is 2.45. The summed E-state index contributed by atoms with van der Waals surface area (Å²) in [6.45, 7) is 5.96. The maximum atomic E-state index is 11.9. The monoisotopic (exact) mass is 311 g/mol. The number of ether oxygens (including phenoxy) is 1. The van der Waals surface area contributed by atoms with Crippen LogP contribution in [0.3, 0.4) is 0 Å². The molecule has 0 bridgehead atoms. The van der Waals surface area contributed by atoms with Gasteiger partial charge in [0.15, 0.2) is 0 Å². The van der Waals surface area contributed by atoms with Gasteiger partial charge in [0.25, 0.3) is 0 Å². The molecular formula is C14H18BrNO2. The molecule has 1 aromatic rings. The molecule has 4 heteroatoms. The number of anilines is 1. The molecule has 2 rings (SSSR count). The van der Waals surface area contributed by atoms with E-state index in [1.165, 1.54) is 0 Å². The Bertz CT molecular complexity index is 467. The van der Waals surface area contributed by atoms with Crippen LogP contribution in [0.1, 0.15) is 33.6 Å². The number of rotatable bonds is 4. The minimum Gasteiger partial charge on any atom is -0.490 e. The average Bonchev–Trinajstić information content (AvgIpc) is 3.01. The van der Waals surface area contributed by atoms with E-state index in [4.69, 9.17) is 4.74 Å². The first kappa shape index (κ1) is 13.4. The van der Waals surface area contributed by atoms with Gasteiger partial charge in [-0.1, -0.05) is 6.92 Å². The molecule has 0 radical (unpaired) electrons. The first-order valence-corrected chi connectivity index (χ1v) is 6.98. The maximum Gasteiger partial charge on any atom is 0.230 e. The van der Waals surface area contributed by atoms with E-state index in [0.717, 1.165) is 28.8 Å². The molecule has 0 heterocycles. The first-order valence-electron chi connectivity index (χ1n) is 6.18. The molecule has 1 saturated carbocycles. The Hall–Kier alpha value is -1.03. The van der Waals surface area contributed by atoms with E-state index >= 15 is 0 Å². The zero-order valence-corrected chi connectivity index (χ0v) is 12.5. The number of amides is 1. The second-order valence-corrected chi connectivity index (χ2v) is 6.18. The smallest absolute Gasteiger partial charge is 0.230 e. The summed E-state index contributed by atoms with van der Waals surface area (Å²) in [5.41, 5.74) is 0.649. The van der Waals surface area contributed by atoms with Crippen LogP contribution in [0.15, 0.2) is 22.7 Å². The second-order valence-electron chi connectivity index (χ2n) is 5.33. The van der Waals surface area contributed by atoms with Gasteiger partial charge >= 0.3 is 0 Å². The van der Waals surface area contributed by atoms with Crippen molar-refractivity contribution in [2.45, 2.75) is 39.7 Å². The Kier molecular flexibility index (Phi) is 3.66. The highest BCUT2D eigenvalue weighted by Gasteiger charge is 2.44. The molecule has 1 aliphatic carbocycles. The molecule has 1 aromatic carbocycles. The van der Waals surface area contributed by atoms with E-state index < -0.39 is 0 Å². The highest BCUT2D eigenvalue weighted by atomic mass is 79.9. The van der Waals surface area contributed by atoms with Gasteiger partial charge in [-0.25, -0.2) is 0 Å². The van der Waals surface area contributed by atoms with Crippen molar-refractivity contribution in [1.29, 1.82) is 0 Å². The quantitative estimate of drug-likeness (QED) is 0.913. The van der Waals surface area contributed by atoms with Crippen LogP contribution in [0.25, 0.3) is 0 Å². The topological polar surface area (TPSA) is 38.3 Å². The molecule has 0 atom stereocenters. The van der Waals surface area contributed by atoms with Crippen molar-refractivity contribution in [3.05, 3.63) is 22.7 Å². The van der Waals surface area contributed by atoms with Gasteiger partial charge in [-0.05, 0) is 60.8 Å². The summed E-state index contributed by atoms with van der Waals surface area (Å²) < 4.78 is 6.48.